The summed E-state index contributed by atoms with van der Waals surface area (Å²) in [7, 11) is 0. The van der Waals surface area contributed by atoms with Gasteiger partial charge >= 0.3 is 0 Å². The maximum atomic E-state index is 10.3. The number of aromatic hydroxyl groups is 2. The fourth-order valence-electron chi connectivity index (χ4n) is 5.99. The van der Waals surface area contributed by atoms with Gasteiger partial charge in [-0.25, -0.2) is 0 Å². The van der Waals surface area contributed by atoms with Gasteiger partial charge in [0, 0.05) is 47.4 Å². The SMILES string of the molecule is Cc1ccc(O)c(-n2c3ccccc3c3ccccc32)c1.Cc1ccc(O)c(-n2c3ccccc3c3ccccc32)c1.[Hf]. The van der Waals surface area contributed by atoms with Crippen molar-refractivity contribution < 1.29 is 36.1 Å². The number of aryl methyl sites for hydroxylation is 2. The first kappa shape index (κ1) is 28.5. The van der Waals surface area contributed by atoms with Gasteiger partial charge in [0.1, 0.15) is 11.5 Å². The van der Waals surface area contributed by atoms with Gasteiger partial charge in [-0.1, -0.05) is 84.9 Å². The van der Waals surface area contributed by atoms with Crippen LogP contribution in [0, 0.1) is 13.8 Å². The van der Waals surface area contributed by atoms with E-state index in [1.807, 2.05) is 62.4 Å². The Morgan fingerprint density at radius 2 is 0.674 bits per heavy atom. The van der Waals surface area contributed by atoms with Gasteiger partial charge in [-0.05, 0) is 73.5 Å². The van der Waals surface area contributed by atoms with E-state index in [-0.39, 0.29) is 25.8 Å². The van der Waals surface area contributed by atoms with Crippen LogP contribution in [0.4, 0.5) is 0 Å². The van der Waals surface area contributed by atoms with Gasteiger partial charge < -0.3 is 19.3 Å². The van der Waals surface area contributed by atoms with Crippen molar-refractivity contribution in [3.63, 3.8) is 0 Å². The van der Waals surface area contributed by atoms with E-state index in [4.69, 9.17) is 0 Å². The number of hydrogen-bond donors (Lipinski definition) is 2. The molecule has 0 spiro atoms. The number of fused-ring (bicyclic) bond motifs is 6. The van der Waals surface area contributed by atoms with Crippen LogP contribution >= 0.6 is 0 Å². The van der Waals surface area contributed by atoms with Gasteiger partial charge in [-0.15, -0.1) is 0 Å². The van der Waals surface area contributed by atoms with Crippen LogP contribution in [0.25, 0.3) is 55.0 Å². The normalized spacial score (nSPS) is 11.0. The van der Waals surface area contributed by atoms with E-state index in [2.05, 4.69) is 81.9 Å². The molecule has 4 nitrogen and oxygen atoms in total. The topological polar surface area (TPSA) is 50.3 Å². The van der Waals surface area contributed by atoms with Gasteiger partial charge in [-0.2, -0.15) is 0 Å². The number of hydrogen-bond acceptors (Lipinski definition) is 2. The van der Waals surface area contributed by atoms with Gasteiger partial charge in [0.25, 0.3) is 0 Å². The minimum absolute atomic E-state index is 0. The molecule has 0 bridgehead atoms. The van der Waals surface area contributed by atoms with Crippen molar-refractivity contribution in [3.05, 3.63) is 145 Å². The number of rotatable bonds is 2. The molecule has 2 heterocycles. The van der Waals surface area contributed by atoms with Crippen molar-refractivity contribution in [1.29, 1.82) is 0 Å². The van der Waals surface area contributed by atoms with Crippen molar-refractivity contribution in [2.75, 3.05) is 0 Å². The van der Waals surface area contributed by atoms with Crippen LogP contribution in [-0.2, 0) is 25.8 Å². The zero-order chi connectivity index (χ0) is 28.8. The van der Waals surface area contributed by atoms with E-state index < -0.39 is 0 Å². The van der Waals surface area contributed by atoms with E-state index >= 15 is 0 Å². The fourth-order valence-corrected chi connectivity index (χ4v) is 5.99. The minimum Gasteiger partial charge on any atom is -0.506 e. The predicted molar refractivity (Wildman–Crippen MR) is 174 cm³/mol. The van der Waals surface area contributed by atoms with E-state index in [1.54, 1.807) is 12.1 Å². The predicted octanol–water partition coefficient (Wildman–Crippen LogP) is 9.59. The summed E-state index contributed by atoms with van der Waals surface area (Å²) in [6.07, 6.45) is 0. The largest absolute Gasteiger partial charge is 0.506 e. The Morgan fingerprint density at radius 1 is 0.395 bits per heavy atom. The summed E-state index contributed by atoms with van der Waals surface area (Å²) in [5.41, 5.74) is 8.35. The molecule has 2 aromatic heterocycles. The summed E-state index contributed by atoms with van der Waals surface area (Å²) in [5.74, 6) is 0.596. The van der Waals surface area contributed by atoms with Crippen LogP contribution in [0.1, 0.15) is 11.1 Å². The average Bonchev–Trinajstić information content (AvgIpc) is 3.53. The van der Waals surface area contributed by atoms with Crippen LogP contribution in [0.5, 0.6) is 11.5 Å². The molecular weight excluding hydrogens is 695 g/mol. The van der Waals surface area contributed by atoms with Crippen molar-refractivity contribution in [1.82, 2.24) is 9.13 Å². The first-order valence-corrected chi connectivity index (χ1v) is 14.1. The summed E-state index contributed by atoms with van der Waals surface area (Å²) < 4.78 is 4.26. The maximum Gasteiger partial charge on any atom is 0.139 e. The van der Waals surface area contributed by atoms with Gasteiger partial charge in [0.15, 0.2) is 0 Å². The summed E-state index contributed by atoms with van der Waals surface area (Å²) >= 11 is 0. The third kappa shape index (κ3) is 4.94. The standard InChI is InChI=1S/2C19H15NO.Hf/c2*1-13-10-11-19(21)18(12-13)20-16-8-4-2-6-14(16)15-7-3-5-9-17(15)20;/h2*2-12,21H,1H3;. The molecule has 5 heteroatoms. The molecule has 0 aliphatic heterocycles. The Morgan fingerprint density at radius 3 is 0.977 bits per heavy atom. The molecule has 0 amide bonds. The molecule has 0 aliphatic rings. The molecule has 6 aromatic carbocycles. The summed E-state index contributed by atoms with van der Waals surface area (Å²) in [5, 5.41) is 25.4. The minimum atomic E-state index is 0. The zero-order valence-corrected chi connectivity index (χ0v) is 27.6. The second kappa shape index (κ2) is 11.6. The molecule has 0 saturated carbocycles. The van der Waals surface area contributed by atoms with E-state index in [0.717, 1.165) is 44.6 Å². The number of phenolic OH excluding ortho intramolecular Hbond substituents is 2. The first-order valence-electron chi connectivity index (χ1n) is 14.1. The molecule has 2 N–H and O–H groups in total. The monoisotopic (exact) mass is 726 g/mol. The smallest absolute Gasteiger partial charge is 0.139 e. The van der Waals surface area contributed by atoms with Crippen molar-refractivity contribution in [2.45, 2.75) is 13.8 Å². The Balaban J connectivity index is 0.000000150. The molecule has 0 fully saturated rings. The quantitative estimate of drug-likeness (QED) is 0.175. The number of benzene rings is 6. The fraction of sp³-hybridized carbons (Fsp3) is 0.0526. The Bertz CT molecular complexity index is 1990. The van der Waals surface area contributed by atoms with Crippen LogP contribution in [0.3, 0.4) is 0 Å². The summed E-state index contributed by atoms with van der Waals surface area (Å²) in [6, 6.07) is 44.6. The molecule has 8 rings (SSSR count). The van der Waals surface area contributed by atoms with Crippen molar-refractivity contribution in [3.8, 4) is 22.9 Å². The molecule has 0 aliphatic carbocycles. The Hall–Kier alpha value is -4.61. The molecule has 0 radical (unpaired) electrons. The molecule has 0 atom stereocenters. The van der Waals surface area contributed by atoms with E-state index in [9.17, 15) is 10.2 Å². The average molecular weight is 725 g/mol. The van der Waals surface area contributed by atoms with Gasteiger partial charge in [0.2, 0.25) is 0 Å². The summed E-state index contributed by atoms with van der Waals surface area (Å²) in [6.45, 7) is 4.08. The molecule has 208 valence electrons. The first-order chi connectivity index (χ1) is 20.5. The third-order valence-corrected chi connectivity index (χ3v) is 7.90. The van der Waals surface area contributed by atoms with Gasteiger partial charge in [0.05, 0.1) is 33.4 Å². The number of nitrogens with zero attached hydrogens (tertiary/aromatic N) is 2. The van der Waals surface area contributed by atoms with Gasteiger partial charge in [-0.3, -0.25) is 0 Å². The van der Waals surface area contributed by atoms with Crippen LogP contribution in [0.15, 0.2) is 133 Å². The van der Waals surface area contributed by atoms with Crippen LogP contribution < -0.4 is 0 Å². The number of para-hydroxylation sites is 4. The molecule has 8 aromatic rings. The molecular formula is C38H30HfN2O2. The third-order valence-electron chi connectivity index (χ3n) is 7.90. The number of phenols is 2. The number of aromatic nitrogens is 2. The van der Waals surface area contributed by atoms with Crippen molar-refractivity contribution in [2.24, 2.45) is 0 Å². The molecule has 0 saturated heterocycles. The second-order valence-electron chi connectivity index (χ2n) is 10.7. The van der Waals surface area contributed by atoms with Crippen LogP contribution in [0.2, 0.25) is 0 Å². The van der Waals surface area contributed by atoms with Crippen molar-refractivity contribution >= 4 is 43.6 Å². The van der Waals surface area contributed by atoms with E-state index in [0.29, 0.717) is 11.5 Å². The molecule has 0 unspecified atom stereocenters. The Labute approximate surface area is 268 Å². The van der Waals surface area contributed by atoms with Crippen LogP contribution in [-0.4, -0.2) is 19.3 Å². The summed E-state index contributed by atoms with van der Waals surface area (Å²) in [4.78, 5) is 0. The van der Waals surface area contributed by atoms with E-state index in [1.165, 1.54) is 21.5 Å². The Kier molecular flexibility index (Phi) is 7.68. The molecule has 43 heavy (non-hydrogen) atoms. The maximum absolute atomic E-state index is 10.3. The second-order valence-corrected chi connectivity index (χ2v) is 10.7. The zero-order valence-electron chi connectivity index (χ0n) is 24.0.